The molecule has 4 atom stereocenters. The Balaban J connectivity index is 1.63. The van der Waals surface area contributed by atoms with Gasteiger partial charge in [-0.1, -0.05) is 0 Å². The average molecular weight is 402 g/mol. The largest absolute Gasteiger partial charge is 0.474 e. The molecule has 1 N–H and O–H groups in total. The topological polar surface area (TPSA) is 63.6 Å². The first-order valence-electron chi connectivity index (χ1n) is 9.43. The zero-order valence-corrected chi connectivity index (χ0v) is 17.0. The summed E-state index contributed by atoms with van der Waals surface area (Å²) in [5, 5.41) is 3.35. The molecule has 0 bridgehead atoms. The van der Waals surface area contributed by atoms with Crippen LogP contribution in [0.2, 0.25) is 0 Å². The van der Waals surface area contributed by atoms with Crippen molar-refractivity contribution in [1.29, 1.82) is 0 Å². The third-order valence-corrected chi connectivity index (χ3v) is 6.40. The maximum absolute atomic E-state index is 13.3. The van der Waals surface area contributed by atoms with E-state index in [0.717, 1.165) is 24.2 Å². The van der Waals surface area contributed by atoms with Gasteiger partial charge in [0.05, 0.1) is 10.4 Å². The molecule has 0 spiro atoms. The molecule has 1 aliphatic carbocycles. The van der Waals surface area contributed by atoms with Crippen LogP contribution >= 0.6 is 0 Å². The number of rotatable bonds is 5. The van der Waals surface area contributed by atoms with Crippen LogP contribution in [0.3, 0.4) is 0 Å². The Labute approximate surface area is 167 Å². The molecule has 0 amide bonds. The van der Waals surface area contributed by atoms with Crippen molar-refractivity contribution in [3.63, 3.8) is 0 Å². The molecule has 1 aliphatic heterocycles. The van der Waals surface area contributed by atoms with Crippen LogP contribution in [0.15, 0.2) is 40.8 Å². The molecule has 5 nitrogen and oxygen atoms in total. The first kappa shape index (κ1) is 19.2. The number of nitrogens with zero attached hydrogens (tertiary/aromatic N) is 2. The average Bonchev–Trinajstić information content (AvgIpc) is 3.07. The molecule has 7 heteroatoms. The highest BCUT2D eigenvalue weighted by Gasteiger charge is 2.55. The van der Waals surface area contributed by atoms with Gasteiger partial charge in [0, 0.05) is 48.3 Å². The monoisotopic (exact) mass is 401 g/mol. The summed E-state index contributed by atoms with van der Waals surface area (Å²) in [6, 6.07) is 9.85. The van der Waals surface area contributed by atoms with E-state index in [1.54, 1.807) is 18.3 Å². The summed E-state index contributed by atoms with van der Waals surface area (Å²) in [5.74, 6) is 1.31. The minimum absolute atomic E-state index is 0.186. The summed E-state index contributed by atoms with van der Waals surface area (Å²) >= 11 is 0. The third-order valence-electron chi connectivity index (χ3n) is 5.06. The molecule has 4 rings (SSSR count). The van der Waals surface area contributed by atoms with E-state index in [1.165, 1.54) is 12.1 Å². The lowest BCUT2D eigenvalue weighted by Crippen LogP contribution is -2.20. The highest BCUT2D eigenvalue weighted by Crippen LogP contribution is 2.44. The second-order valence-corrected chi connectivity index (χ2v) is 10.2. The Hall–Kier alpha value is -2.12. The van der Waals surface area contributed by atoms with Gasteiger partial charge >= 0.3 is 0 Å². The summed E-state index contributed by atoms with van der Waals surface area (Å²) in [5.41, 5.74) is 2.21. The lowest BCUT2D eigenvalue weighted by atomic mass is 10.1. The van der Waals surface area contributed by atoms with Gasteiger partial charge in [0.15, 0.2) is 0 Å². The summed E-state index contributed by atoms with van der Waals surface area (Å²) in [7, 11) is -1.35. The van der Waals surface area contributed by atoms with Crippen molar-refractivity contribution >= 4 is 17.2 Å². The Morgan fingerprint density at radius 3 is 2.54 bits per heavy atom. The van der Waals surface area contributed by atoms with Gasteiger partial charge in [-0.25, -0.2) is 13.6 Å². The van der Waals surface area contributed by atoms with E-state index in [0.29, 0.717) is 23.4 Å². The molecule has 2 unspecified atom stereocenters. The first-order valence-corrected chi connectivity index (χ1v) is 10.5. The number of hydrogen-bond donors (Lipinski definition) is 1. The number of ether oxygens (including phenoxy) is 1. The number of benzene rings is 1. The van der Waals surface area contributed by atoms with Crippen LogP contribution in [-0.2, 0) is 11.0 Å². The molecular weight excluding hydrogens is 377 g/mol. The molecule has 1 saturated carbocycles. The highest BCUT2D eigenvalue weighted by molar-refractivity contribution is 7.85. The number of nitrogens with one attached hydrogen (secondary N) is 1. The van der Waals surface area contributed by atoms with E-state index >= 15 is 0 Å². The van der Waals surface area contributed by atoms with Crippen molar-refractivity contribution < 1.29 is 13.3 Å². The summed E-state index contributed by atoms with van der Waals surface area (Å²) in [6.45, 7) is 7.60. The molecule has 1 aromatic heterocycles. The molecule has 2 aromatic rings. The van der Waals surface area contributed by atoms with Gasteiger partial charge in [-0.2, -0.15) is 4.40 Å². The van der Waals surface area contributed by atoms with Gasteiger partial charge in [0.2, 0.25) is 5.88 Å². The molecule has 0 radical (unpaired) electrons. The van der Waals surface area contributed by atoms with Crippen LogP contribution in [0.5, 0.6) is 5.88 Å². The predicted octanol–water partition coefficient (Wildman–Crippen LogP) is 3.37. The van der Waals surface area contributed by atoms with E-state index in [9.17, 15) is 8.60 Å². The zero-order chi connectivity index (χ0) is 19.9. The SMILES string of the molecule is CC(C)(C)S(=O)/N=C\c1cc(OC2[C@H]3CNC[C@@H]23)nc(-c2ccc(F)cc2)c1. The maximum Gasteiger partial charge on any atom is 0.214 e. The van der Waals surface area contributed by atoms with E-state index < -0.39 is 15.7 Å². The summed E-state index contributed by atoms with van der Waals surface area (Å²) in [4.78, 5) is 4.61. The van der Waals surface area contributed by atoms with Gasteiger partial charge in [-0.15, -0.1) is 0 Å². The number of piperidine rings is 1. The molecule has 2 heterocycles. The van der Waals surface area contributed by atoms with Crippen LogP contribution in [0.4, 0.5) is 4.39 Å². The molecular formula is C21H24FN3O2S. The Morgan fingerprint density at radius 2 is 1.89 bits per heavy atom. The zero-order valence-electron chi connectivity index (χ0n) is 16.2. The Bertz CT molecular complexity index is 914. The highest BCUT2D eigenvalue weighted by atomic mass is 32.2. The van der Waals surface area contributed by atoms with Crippen LogP contribution in [0, 0.1) is 17.7 Å². The maximum atomic E-state index is 13.3. The van der Waals surface area contributed by atoms with Crippen molar-refractivity contribution in [3.8, 4) is 17.1 Å². The van der Waals surface area contributed by atoms with Crippen molar-refractivity contribution in [1.82, 2.24) is 10.3 Å². The van der Waals surface area contributed by atoms with Crippen molar-refractivity contribution in [2.45, 2.75) is 31.6 Å². The quantitative estimate of drug-likeness (QED) is 0.781. The van der Waals surface area contributed by atoms with E-state index in [1.807, 2.05) is 32.9 Å². The van der Waals surface area contributed by atoms with E-state index in [-0.39, 0.29) is 11.9 Å². The molecule has 148 valence electrons. The number of pyridine rings is 1. The van der Waals surface area contributed by atoms with Gasteiger partial charge in [0.1, 0.15) is 22.9 Å². The molecule has 1 aromatic carbocycles. The van der Waals surface area contributed by atoms with Crippen LogP contribution < -0.4 is 10.1 Å². The van der Waals surface area contributed by atoms with Crippen LogP contribution in [-0.4, -0.2) is 39.3 Å². The van der Waals surface area contributed by atoms with Gasteiger partial charge < -0.3 is 10.1 Å². The van der Waals surface area contributed by atoms with Crippen molar-refractivity contribution in [3.05, 3.63) is 47.8 Å². The normalized spacial score (nSPS) is 24.9. The minimum atomic E-state index is -1.35. The number of hydrogen-bond acceptors (Lipinski definition) is 4. The van der Waals surface area contributed by atoms with Crippen LogP contribution in [0.1, 0.15) is 26.3 Å². The summed E-state index contributed by atoms with van der Waals surface area (Å²) in [6.07, 6.45) is 1.78. The molecule has 1 saturated heterocycles. The lowest BCUT2D eigenvalue weighted by Gasteiger charge is -2.13. The van der Waals surface area contributed by atoms with Crippen molar-refractivity contribution in [2.75, 3.05) is 13.1 Å². The van der Waals surface area contributed by atoms with Gasteiger partial charge in [-0.3, -0.25) is 0 Å². The number of aromatic nitrogens is 1. The third kappa shape index (κ3) is 4.15. The first-order chi connectivity index (χ1) is 13.3. The Kier molecular flexibility index (Phi) is 5.05. The van der Waals surface area contributed by atoms with E-state index in [2.05, 4.69) is 14.7 Å². The Morgan fingerprint density at radius 1 is 1.21 bits per heavy atom. The second-order valence-electron chi connectivity index (χ2n) is 8.30. The van der Waals surface area contributed by atoms with Gasteiger partial charge in [0.25, 0.3) is 0 Å². The summed E-state index contributed by atoms with van der Waals surface area (Å²) < 4.78 is 35.4. The minimum Gasteiger partial charge on any atom is -0.474 e. The fraction of sp³-hybridized carbons (Fsp3) is 0.429. The smallest absolute Gasteiger partial charge is 0.214 e. The molecule has 2 fully saturated rings. The fourth-order valence-corrected chi connectivity index (χ4v) is 3.91. The number of halogens is 1. The standard InChI is InChI=1S/C21H24FN3O2S/c1-21(2,3)28(26)24-10-13-8-18(14-4-6-15(22)7-5-14)25-19(9-13)27-20-16-11-23-12-17(16)20/h4-10,16-17,20,23H,11-12H2,1-3H3/b24-10-/t16-,17+,20?,28?. The van der Waals surface area contributed by atoms with E-state index in [4.69, 9.17) is 4.74 Å². The lowest BCUT2D eigenvalue weighted by molar-refractivity contribution is 0.252. The fourth-order valence-electron chi connectivity index (χ4n) is 3.37. The molecule has 28 heavy (non-hydrogen) atoms. The van der Waals surface area contributed by atoms with Crippen LogP contribution in [0.25, 0.3) is 11.3 Å². The molecule has 2 aliphatic rings. The number of fused-ring (bicyclic) bond motifs is 1. The second kappa shape index (κ2) is 7.37. The van der Waals surface area contributed by atoms with Crippen molar-refractivity contribution in [2.24, 2.45) is 16.2 Å². The predicted molar refractivity (Wildman–Crippen MR) is 109 cm³/mol. The van der Waals surface area contributed by atoms with Gasteiger partial charge in [-0.05, 0) is 51.1 Å².